The first kappa shape index (κ1) is 15.8. The van der Waals surface area contributed by atoms with Crippen LogP contribution in [0.2, 0.25) is 0 Å². The maximum Gasteiger partial charge on any atom is 0.176 e. The molecule has 112 valence electrons. The van der Waals surface area contributed by atoms with Crippen LogP contribution in [0.4, 0.5) is 0 Å². The second-order valence-corrected chi connectivity index (χ2v) is 5.41. The quantitative estimate of drug-likeness (QED) is 0.839. The van der Waals surface area contributed by atoms with Gasteiger partial charge in [-0.15, -0.1) is 0 Å². The van der Waals surface area contributed by atoms with Crippen molar-refractivity contribution in [2.75, 3.05) is 13.7 Å². The molecule has 2 rings (SSSR count). The second kappa shape index (κ2) is 7.45. The van der Waals surface area contributed by atoms with Crippen molar-refractivity contribution < 1.29 is 9.47 Å². The molecule has 5 heteroatoms. The van der Waals surface area contributed by atoms with E-state index < -0.39 is 0 Å². The van der Waals surface area contributed by atoms with Crippen LogP contribution in [0.3, 0.4) is 0 Å². The van der Waals surface area contributed by atoms with Crippen molar-refractivity contribution in [3.8, 4) is 11.5 Å². The van der Waals surface area contributed by atoms with E-state index in [9.17, 15) is 0 Å². The fourth-order valence-corrected chi connectivity index (χ4v) is 2.73. The molecule has 2 aromatic carbocycles. The summed E-state index contributed by atoms with van der Waals surface area (Å²) in [4.78, 5) is 0. The standard InChI is InChI=1S/C16H19BrN2O2/c1-20-14-8-7-12(13(19)9-18)15(17)16(14)21-10-11-5-3-2-4-6-11/h2-8,13H,9-10,18-19H2,1H3. The Hall–Kier alpha value is -1.56. The average molecular weight is 351 g/mol. The predicted molar refractivity (Wildman–Crippen MR) is 87.5 cm³/mol. The molecule has 0 aliphatic carbocycles. The van der Waals surface area contributed by atoms with Crippen molar-refractivity contribution in [3.05, 3.63) is 58.1 Å². The maximum atomic E-state index is 6.01. The average Bonchev–Trinajstić information content (AvgIpc) is 2.53. The highest BCUT2D eigenvalue weighted by atomic mass is 79.9. The Bertz CT molecular complexity index is 590. The van der Waals surface area contributed by atoms with Crippen molar-refractivity contribution in [1.82, 2.24) is 0 Å². The Morgan fingerprint density at radius 3 is 2.48 bits per heavy atom. The first-order chi connectivity index (χ1) is 10.2. The first-order valence-electron chi connectivity index (χ1n) is 6.66. The normalized spacial score (nSPS) is 12.0. The summed E-state index contributed by atoms with van der Waals surface area (Å²) in [7, 11) is 1.61. The Balaban J connectivity index is 2.27. The van der Waals surface area contributed by atoms with Crippen molar-refractivity contribution in [3.63, 3.8) is 0 Å². The molecule has 0 heterocycles. The van der Waals surface area contributed by atoms with Crippen LogP contribution < -0.4 is 20.9 Å². The van der Waals surface area contributed by atoms with Crippen LogP contribution in [0.25, 0.3) is 0 Å². The van der Waals surface area contributed by atoms with E-state index in [0.29, 0.717) is 24.7 Å². The van der Waals surface area contributed by atoms with Gasteiger partial charge in [0.1, 0.15) is 6.61 Å². The summed E-state index contributed by atoms with van der Waals surface area (Å²) < 4.78 is 12.1. The van der Waals surface area contributed by atoms with Gasteiger partial charge in [-0.2, -0.15) is 0 Å². The van der Waals surface area contributed by atoms with Gasteiger partial charge >= 0.3 is 0 Å². The molecule has 0 amide bonds. The van der Waals surface area contributed by atoms with Gasteiger partial charge in [-0.3, -0.25) is 0 Å². The molecule has 0 aromatic heterocycles. The van der Waals surface area contributed by atoms with Gasteiger partial charge in [0.05, 0.1) is 11.6 Å². The second-order valence-electron chi connectivity index (χ2n) is 4.62. The highest BCUT2D eigenvalue weighted by Gasteiger charge is 2.17. The molecule has 0 saturated carbocycles. The van der Waals surface area contributed by atoms with Gasteiger partial charge in [-0.05, 0) is 33.1 Å². The molecule has 2 aromatic rings. The molecule has 0 bridgehead atoms. The summed E-state index contributed by atoms with van der Waals surface area (Å²) in [6.45, 7) is 0.820. The van der Waals surface area contributed by atoms with Crippen LogP contribution in [0.5, 0.6) is 11.5 Å². The Morgan fingerprint density at radius 2 is 1.86 bits per heavy atom. The van der Waals surface area contributed by atoms with E-state index in [1.807, 2.05) is 42.5 Å². The summed E-state index contributed by atoms with van der Waals surface area (Å²) in [5, 5.41) is 0. The molecule has 21 heavy (non-hydrogen) atoms. The van der Waals surface area contributed by atoms with Gasteiger partial charge in [-0.1, -0.05) is 36.4 Å². The van der Waals surface area contributed by atoms with Crippen molar-refractivity contribution in [2.24, 2.45) is 11.5 Å². The highest BCUT2D eigenvalue weighted by Crippen LogP contribution is 2.39. The van der Waals surface area contributed by atoms with E-state index in [1.54, 1.807) is 7.11 Å². The van der Waals surface area contributed by atoms with Crippen molar-refractivity contribution >= 4 is 15.9 Å². The maximum absolute atomic E-state index is 6.01. The zero-order valence-electron chi connectivity index (χ0n) is 11.9. The van der Waals surface area contributed by atoms with Crippen LogP contribution in [-0.4, -0.2) is 13.7 Å². The summed E-state index contributed by atoms with van der Waals surface area (Å²) in [5.74, 6) is 1.30. The molecule has 4 N–H and O–H groups in total. The first-order valence-corrected chi connectivity index (χ1v) is 7.45. The number of nitrogens with two attached hydrogens (primary N) is 2. The number of hydrogen-bond donors (Lipinski definition) is 2. The third kappa shape index (κ3) is 3.75. The zero-order chi connectivity index (χ0) is 15.2. The Labute approximate surface area is 133 Å². The largest absolute Gasteiger partial charge is 0.493 e. The van der Waals surface area contributed by atoms with Crippen molar-refractivity contribution in [1.29, 1.82) is 0 Å². The fourth-order valence-electron chi connectivity index (χ4n) is 1.99. The van der Waals surface area contributed by atoms with E-state index in [1.165, 1.54) is 0 Å². The summed E-state index contributed by atoms with van der Waals surface area (Å²) >= 11 is 3.55. The predicted octanol–water partition coefficient (Wildman–Crippen LogP) is 3.00. The van der Waals surface area contributed by atoms with Crippen molar-refractivity contribution in [2.45, 2.75) is 12.6 Å². The number of halogens is 1. The topological polar surface area (TPSA) is 70.5 Å². The third-order valence-electron chi connectivity index (χ3n) is 3.19. The van der Waals surface area contributed by atoms with Gasteiger partial charge in [0.25, 0.3) is 0 Å². The lowest BCUT2D eigenvalue weighted by atomic mass is 10.1. The molecule has 0 radical (unpaired) electrons. The minimum Gasteiger partial charge on any atom is -0.493 e. The lowest BCUT2D eigenvalue weighted by molar-refractivity contribution is 0.282. The van der Waals surface area contributed by atoms with Crippen LogP contribution in [-0.2, 0) is 6.61 Å². The molecule has 0 aliphatic heterocycles. The zero-order valence-corrected chi connectivity index (χ0v) is 13.5. The van der Waals surface area contributed by atoms with E-state index in [0.717, 1.165) is 15.6 Å². The smallest absolute Gasteiger partial charge is 0.176 e. The number of rotatable bonds is 6. The summed E-state index contributed by atoms with van der Waals surface area (Å²) in [6.07, 6.45) is 0. The van der Waals surface area contributed by atoms with E-state index >= 15 is 0 Å². The lowest BCUT2D eigenvalue weighted by Gasteiger charge is -2.18. The van der Waals surface area contributed by atoms with Gasteiger partial charge in [-0.25, -0.2) is 0 Å². The molecule has 0 saturated heterocycles. The minimum absolute atomic E-state index is 0.246. The third-order valence-corrected chi connectivity index (χ3v) is 4.01. The number of methoxy groups -OCH3 is 1. The molecule has 0 fully saturated rings. The van der Waals surface area contributed by atoms with E-state index in [-0.39, 0.29) is 6.04 Å². The number of hydrogen-bond acceptors (Lipinski definition) is 4. The molecular weight excluding hydrogens is 332 g/mol. The molecular formula is C16H19BrN2O2. The molecule has 0 aliphatic rings. The van der Waals surface area contributed by atoms with Gasteiger partial charge in [0.2, 0.25) is 0 Å². The van der Waals surface area contributed by atoms with Gasteiger partial charge in [0, 0.05) is 12.6 Å². The van der Waals surface area contributed by atoms with Crippen LogP contribution in [0, 0.1) is 0 Å². The lowest BCUT2D eigenvalue weighted by Crippen LogP contribution is -2.21. The molecule has 1 unspecified atom stereocenters. The Morgan fingerprint density at radius 1 is 1.14 bits per heavy atom. The molecule has 1 atom stereocenters. The molecule has 4 nitrogen and oxygen atoms in total. The molecule has 0 spiro atoms. The number of benzene rings is 2. The SMILES string of the molecule is COc1ccc(C(N)CN)c(Br)c1OCc1ccccc1. The van der Waals surface area contributed by atoms with E-state index in [2.05, 4.69) is 15.9 Å². The monoisotopic (exact) mass is 350 g/mol. The fraction of sp³-hybridized carbons (Fsp3) is 0.250. The highest BCUT2D eigenvalue weighted by molar-refractivity contribution is 9.10. The van der Waals surface area contributed by atoms with Gasteiger partial charge in [0.15, 0.2) is 11.5 Å². The minimum atomic E-state index is -0.246. The van der Waals surface area contributed by atoms with Gasteiger partial charge < -0.3 is 20.9 Å². The van der Waals surface area contributed by atoms with Crippen LogP contribution in [0.15, 0.2) is 46.9 Å². The van der Waals surface area contributed by atoms with E-state index in [4.69, 9.17) is 20.9 Å². The summed E-state index contributed by atoms with van der Waals surface area (Å²) in [5.41, 5.74) is 13.6. The van der Waals surface area contributed by atoms with Crippen LogP contribution >= 0.6 is 15.9 Å². The van der Waals surface area contributed by atoms with Crippen LogP contribution in [0.1, 0.15) is 17.2 Å². The Kier molecular flexibility index (Phi) is 5.61. The summed E-state index contributed by atoms with van der Waals surface area (Å²) in [6, 6.07) is 13.4. The number of ether oxygens (including phenoxy) is 2.